The maximum atomic E-state index is 13.0. The van der Waals surface area contributed by atoms with Gasteiger partial charge in [-0.2, -0.15) is 31.3 Å². The maximum Gasteiger partial charge on any atom is 0.471 e. The molecule has 2 aromatic heterocycles. The van der Waals surface area contributed by atoms with Crippen LogP contribution < -0.4 is 4.90 Å². The Balaban J connectivity index is 1.45. The Morgan fingerprint density at radius 3 is 2.38 bits per heavy atom. The summed E-state index contributed by atoms with van der Waals surface area (Å²) in [6.45, 7) is 1.52. The van der Waals surface area contributed by atoms with E-state index < -0.39 is 23.8 Å². The molecule has 7 nitrogen and oxygen atoms in total. The third-order valence-corrected chi connectivity index (χ3v) is 5.22. The number of rotatable bonds is 3. The van der Waals surface area contributed by atoms with Crippen molar-refractivity contribution in [3.8, 4) is 11.4 Å². The van der Waals surface area contributed by atoms with Crippen molar-refractivity contribution in [1.29, 1.82) is 0 Å². The van der Waals surface area contributed by atoms with Gasteiger partial charge in [-0.3, -0.25) is 4.79 Å². The van der Waals surface area contributed by atoms with Crippen molar-refractivity contribution in [3.63, 3.8) is 0 Å². The van der Waals surface area contributed by atoms with Gasteiger partial charge < -0.3 is 14.3 Å². The molecule has 180 valence electrons. The lowest BCUT2D eigenvalue weighted by Crippen LogP contribution is -2.35. The number of anilines is 1. The van der Waals surface area contributed by atoms with Crippen LogP contribution in [0.3, 0.4) is 0 Å². The lowest BCUT2D eigenvalue weighted by molar-refractivity contribution is -0.159. The van der Waals surface area contributed by atoms with Gasteiger partial charge in [-0.1, -0.05) is 17.3 Å². The van der Waals surface area contributed by atoms with Gasteiger partial charge in [-0.25, -0.2) is 4.98 Å². The van der Waals surface area contributed by atoms with Gasteiger partial charge in [0.05, 0.1) is 5.56 Å². The number of hydrogen-bond donors (Lipinski definition) is 0. The van der Waals surface area contributed by atoms with E-state index in [0.29, 0.717) is 31.9 Å². The molecule has 0 spiro atoms. The first-order valence-electron chi connectivity index (χ1n) is 10.1. The lowest BCUT2D eigenvalue weighted by atomic mass is 10.1. The molecule has 1 fully saturated rings. The van der Waals surface area contributed by atoms with E-state index in [1.54, 1.807) is 9.80 Å². The molecule has 0 saturated carbocycles. The van der Waals surface area contributed by atoms with Crippen LogP contribution in [-0.2, 0) is 12.4 Å². The van der Waals surface area contributed by atoms with Crippen molar-refractivity contribution < 1.29 is 35.7 Å². The molecule has 0 atom stereocenters. The van der Waals surface area contributed by atoms with Crippen molar-refractivity contribution >= 4 is 11.7 Å². The van der Waals surface area contributed by atoms with Crippen LogP contribution in [0.5, 0.6) is 0 Å². The molecular formula is C21H17F6N5O2. The quantitative estimate of drug-likeness (QED) is 0.508. The third-order valence-electron chi connectivity index (χ3n) is 5.22. The highest BCUT2D eigenvalue weighted by Crippen LogP contribution is 2.30. The van der Waals surface area contributed by atoms with E-state index in [2.05, 4.69) is 19.6 Å². The van der Waals surface area contributed by atoms with Crippen LogP contribution in [0.4, 0.5) is 32.2 Å². The molecule has 1 aliphatic rings. The summed E-state index contributed by atoms with van der Waals surface area (Å²) in [6.07, 6.45) is -7.93. The van der Waals surface area contributed by atoms with Crippen LogP contribution in [-0.4, -0.2) is 52.1 Å². The van der Waals surface area contributed by atoms with Crippen molar-refractivity contribution in [1.82, 2.24) is 20.0 Å². The fourth-order valence-corrected chi connectivity index (χ4v) is 3.52. The number of nitrogens with zero attached hydrogens (tertiary/aromatic N) is 5. The fourth-order valence-electron chi connectivity index (χ4n) is 3.52. The van der Waals surface area contributed by atoms with E-state index in [0.717, 1.165) is 12.3 Å². The Labute approximate surface area is 189 Å². The summed E-state index contributed by atoms with van der Waals surface area (Å²) in [6, 6.07) is 8.13. The smallest absolute Gasteiger partial charge is 0.355 e. The van der Waals surface area contributed by atoms with E-state index in [9.17, 15) is 31.1 Å². The van der Waals surface area contributed by atoms with E-state index in [4.69, 9.17) is 0 Å². The first kappa shape index (κ1) is 23.5. The minimum Gasteiger partial charge on any atom is -0.355 e. The summed E-state index contributed by atoms with van der Waals surface area (Å²) < 4.78 is 80.7. The first-order valence-corrected chi connectivity index (χ1v) is 10.1. The van der Waals surface area contributed by atoms with Gasteiger partial charge in [0, 0.05) is 43.5 Å². The van der Waals surface area contributed by atoms with Gasteiger partial charge in [0.15, 0.2) is 0 Å². The number of carbonyl (C=O) groups is 1. The molecule has 1 aliphatic heterocycles. The van der Waals surface area contributed by atoms with Crippen molar-refractivity contribution in [2.75, 3.05) is 31.1 Å². The topological polar surface area (TPSA) is 75.4 Å². The summed E-state index contributed by atoms with van der Waals surface area (Å²) in [4.78, 5) is 23.6. The Morgan fingerprint density at radius 2 is 1.74 bits per heavy atom. The predicted octanol–water partition coefficient (Wildman–Crippen LogP) is 4.52. The molecule has 13 heteroatoms. The number of benzene rings is 1. The summed E-state index contributed by atoms with van der Waals surface area (Å²) in [7, 11) is 0. The number of aromatic nitrogens is 3. The zero-order chi connectivity index (χ0) is 24.5. The van der Waals surface area contributed by atoms with E-state index in [1.165, 1.54) is 30.3 Å². The number of pyridine rings is 1. The molecule has 4 rings (SSSR count). The average molecular weight is 485 g/mol. The molecule has 1 amide bonds. The molecule has 0 bridgehead atoms. The van der Waals surface area contributed by atoms with Gasteiger partial charge in [0.25, 0.3) is 5.91 Å². The largest absolute Gasteiger partial charge is 0.471 e. The van der Waals surface area contributed by atoms with E-state index in [-0.39, 0.29) is 29.4 Å². The second-order valence-corrected chi connectivity index (χ2v) is 7.54. The second-order valence-electron chi connectivity index (χ2n) is 7.54. The highest BCUT2D eigenvalue weighted by Gasteiger charge is 2.38. The van der Waals surface area contributed by atoms with Gasteiger partial charge in [-0.15, -0.1) is 0 Å². The zero-order valence-corrected chi connectivity index (χ0v) is 17.4. The van der Waals surface area contributed by atoms with Crippen LogP contribution in [0.1, 0.15) is 28.2 Å². The highest BCUT2D eigenvalue weighted by atomic mass is 19.4. The van der Waals surface area contributed by atoms with E-state index >= 15 is 0 Å². The van der Waals surface area contributed by atoms with Crippen LogP contribution in [0.15, 0.2) is 47.1 Å². The summed E-state index contributed by atoms with van der Waals surface area (Å²) in [5.41, 5.74) is -0.417. The second kappa shape index (κ2) is 8.95. The van der Waals surface area contributed by atoms with Gasteiger partial charge in [0.1, 0.15) is 5.82 Å². The fraction of sp³-hybridized carbons (Fsp3) is 0.333. The molecule has 0 unspecified atom stereocenters. The van der Waals surface area contributed by atoms with Gasteiger partial charge in [-0.05, 0) is 30.7 Å². The average Bonchev–Trinajstić information content (AvgIpc) is 3.18. The van der Waals surface area contributed by atoms with Crippen molar-refractivity contribution in [2.45, 2.75) is 18.8 Å². The number of carbonyl (C=O) groups excluding carboxylic acids is 1. The number of amides is 1. The van der Waals surface area contributed by atoms with Crippen LogP contribution in [0.25, 0.3) is 11.4 Å². The number of halogens is 6. The molecule has 34 heavy (non-hydrogen) atoms. The summed E-state index contributed by atoms with van der Waals surface area (Å²) in [5, 5.41) is 3.33. The summed E-state index contributed by atoms with van der Waals surface area (Å²) in [5.74, 6) is -1.74. The Hall–Kier alpha value is -3.64. The molecule has 3 heterocycles. The molecule has 1 aromatic carbocycles. The van der Waals surface area contributed by atoms with Gasteiger partial charge in [0.2, 0.25) is 5.82 Å². The SMILES string of the molecule is O=C(c1cccc(-c2noc(C(F)(F)F)n2)c1)N1CCCN(c2ccc(C(F)(F)F)cn2)CC1. The van der Waals surface area contributed by atoms with Crippen LogP contribution >= 0.6 is 0 Å². The minimum atomic E-state index is -4.78. The minimum absolute atomic E-state index is 0.190. The number of alkyl halides is 6. The highest BCUT2D eigenvalue weighted by molar-refractivity contribution is 5.95. The van der Waals surface area contributed by atoms with Crippen LogP contribution in [0.2, 0.25) is 0 Å². The van der Waals surface area contributed by atoms with Crippen molar-refractivity contribution in [2.24, 2.45) is 0 Å². The monoisotopic (exact) mass is 485 g/mol. The number of hydrogen-bond acceptors (Lipinski definition) is 6. The normalized spacial score (nSPS) is 15.4. The Kier molecular flexibility index (Phi) is 6.19. The molecule has 0 aliphatic carbocycles. The Bertz CT molecular complexity index is 1160. The van der Waals surface area contributed by atoms with Crippen molar-refractivity contribution in [3.05, 3.63) is 59.6 Å². The molecule has 3 aromatic rings. The molecule has 1 saturated heterocycles. The molecular weight excluding hydrogens is 468 g/mol. The van der Waals surface area contributed by atoms with Crippen LogP contribution in [0, 0.1) is 0 Å². The standard InChI is InChI=1S/C21H17F6N5O2/c22-20(23,24)15-5-6-16(28-12-15)31-7-2-8-32(10-9-31)18(33)14-4-1-3-13(11-14)17-29-19(34-30-17)21(25,26)27/h1,3-6,11-12H,2,7-10H2. The summed E-state index contributed by atoms with van der Waals surface area (Å²) >= 11 is 0. The zero-order valence-electron chi connectivity index (χ0n) is 17.4. The lowest BCUT2D eigenvalue weighted by Gasteiger charge is -2.23. The molecule has 0 N–H and O–H groups in total. The molecule has 0 radical (unpaired) electrons. The third kappa shape index (κ3) is 5.13. The first-order chi connectivity index (χ1) is 16.0. The van der Waals surface area contributed by atoms with E-state index in [1.807, 2.05) is 0 Å². The Morgan fingerprint density at radius 1 is 0.941 bits per heavy atom. The predicted molar refractivity (Wildman–Crippen MR) is 107 cm³/mol. The maximum absolute atomic E-state index is 13.0. The van der Waals surface area contributed by atoms with Gasteiger partial charge >= 0.3 is 18.2 Å².